The summed E-state index contributed by atoms with van der Waals surface area (Å²) in [7, 11) is 0. The molecule has 5 nitrogen and oxygen atoms in total. The van der Waals surface area contributed by atoms with E-state index >= 15 is 0 Å². The molecule has 1 amide bonds. The second-order valence-electron chi connectivity index (χ2n) is 4.63. The summed E-state index contributed by atoms with van der Waals surface area (Å²) in [5.74, 6) is 0.166. The van der Waals surface area contributed by atoms with Gasteiger partial charge in [-0.25, -0.2) is 0 Å². The highest BCUT2D eigenvalue weighted by atomic mass is 16.1. The third kappa shape index (κ3) is 3.58. The van der Waals surface area contributed by atoms with Gasteiger partial charge in [0.05, 0.1) is 5.56 Å². The lowest BCUT2D eigenvalue weighted by molar-refractivity contribution is 0.0947. The molecular formula is C14H18N4O. The van der Waals surface area contributed by atoms with Crippen molar-refractivity contribution in [2.45, 2.75) is 13.5 Å². The molecule has 100 valence electrons. The van der Waals surface area contributed by atoms with E-state index in [9.17, 15) is 4.79 Å². The fourth-order valence-electron chi connectivity index (χ4n) is 1.86. The van der Waals surface area contributed by atoms with Crippen LogP contribution in [-0.2, 0) is 6.54 Å². The molecular weight excluding hydrogens is 240 g/mol. The van der Waals surface area contributed by atoms with Crippen LogP contribution in [-0.4, -0.2) is 22.2 Å². The number of carbonyl (C=O) groups is 1. The Hall–Kier alpha value is -2.30. The van der Waals surface area contributed by atoms with Crippen molar-refractivity contribution in [3.63, 3.8) is 0 Å². The Labute approximate surface area is 112 Å². The third-order valence-electron chi connectivity index (χ3n) is 2.87. The van der Waals surface area contributed by atoms with Crippen molar-refractivity contribution < 1.29 is 4.79 Å². The Morgan fingerprint density at radius 2 is 2.21 bits per heavy atom. The van der Waals surface area contributed by atoms with Gasteiger partial charge in [0, 0.05) is 31.2 Å². The Morgan fingerprint density at radius 1 is 1.42 bits per heavy atom. The topological polar surface area (TPSA) is 72.9 Å². The number of anilines is 1. The molecule has 1 aromatic carbocycles. The summed E-state index contributed by atoms with van der Waals surface area (Å²) < 4.78 is 1.85. The van der Waals surface area contributed by atoms with Gasteiger partial charge in [-0.2, -0.15) is 5.10 Å². The minimum atomic E-state index is -0.134. The number of nitrogens with two attached hydrogens (primary N) is 1. The second kappa shape index (κ2) is 6.04. The van der Waals surface area contributed by atoms with Crippen molar-refractivity contribution in [3.05, 3.63) is 48.3 Å². The molecule has 0 fully saturated rings. The molecule has 0 saturated heterocycles. The van der Waals surface area contributed by atoms with Gasteiger partial charge in [-0.05, 0) is 24.1 Å². The molecule has 1 heterocycles. The highest BCUT2D eigenvalue weighted by Gasteiger charge is 2.10. The van der Waals surface area contributed by atoms with E-state index in [4.69, 9.17) is 5.73 Å². The lowest BCUT2D eigenvalue weighted by Crippen LogP contribution is -2.30. The van der Waals surface area contributed by atoms with Gasteiger partial charge in [-0.1, -0.05) is 19.1 Å². The Kier molecular flexibility index (Phi) is 4.18. The highest BCUT2D eigenvalue weighted by molar-refractivity contribution is 5.99. The number of hydrogen-bond donors (Lipinski definition) is 2. The zero-order chi connectivity index (χ0) is 13.7. The van der Waals surface area contributed by atoms with Gasteiger partial charge in [-0.3, -0.25) is 9.48 Å². The molecule has 0 aliphatic carbocycles. The van der Waals surface area contributed by atoms with Crippen LogP contribution in [0, 0.1) is 5.92 Å². The van der Waals surface area contributed by atoms with Gasteiger partial charge < -0.3 is 11.1 Å². The van der Waals surface area contributed by atoms with Crippen LogP contribution in [0.3, 0.4) is 0 Å². The molecule has 1 atom stereocenters. The lowest BCUT2D eigenvalue weighted by atomic mass is 10.1. The number of hydrogen-bond acceptors (Lipinski definition) is 3. The van der Waals surface area contributed by atoms with Gasteiger partial charge >= 0.3 is 0 Å². The minimum absolute atomic E-state index is 0.134. The molecule has 1 unspecified atom stereocenters. The Morgan fingerprint density at radius 3 is 2.89 bits per heavy atom. The fourth-order valence-corrected chi connectivity index (χ4v) is 1.86. The van der Waals surface area contributed by atoms with Crippen molar-refractivity contribution in [1.82, 2.24) is 15.1 Å². The van der Waals surface area contributed by atoms with E-state index in [1.807, 2.05) is 23.0 Å². The quantitative estimate of drug-likeness (QED) is 0.799. The number of benzene rings is 1. The Balaban J connectivity index is 1.85. The third-order valence-corrected chi connectivity index (χ3v) is 2.87. The number of rotatable bonds is 5. The summed E-state index contributed by atoms with van der Waals surface area (Å²) in [5.41, 5.74) is 6.78. The van der Waals surface area contributed by atoms with Crippen molar-refractivity contribution in [2.24, 2.45) is 5.92 Å². The molecule has 0 bridgehead atoms. The van der Waals surface area contributed by atoms with Gasteiger partial charge in [-0.15, -0.1) is 0 Å². The van der Waals surface area contributed by atoms with Crippen molar-refractivity contribution in [2.75, 3.05) is 12.3 Å². The van der Waals surface area contributed by atoms with Crippen LogP contribution in [0.2, 0.25) is 0 Å². The summed E-state index contributed by atoms with van der Waals surface area (Å²) in [5, 5.41) is 7.03. The second-order valence-corrected chi connectivity index (χ2v) is 4.63. The number of nitrogens with one attached hydrogen (secondary N) is 1. The van der Waals surface area contributed by atoms with Gasteiger partial charge in [0.15, 0.2) is 0 Å². The highest BCUT2D eigenvalue weighted by Crippen LogP contribution is 2.10. The van der Waals surface area contributed by atoms with E-state index in [-0.39, 0.29) is 5.91 Å². The molecule has 1 aromatic heterocycles. The van der Waals surface area contributed by atoms with E-state index in [0.717, 1.165) is 6.54 Å². The molecule has 0 saturated carbocycles. The first-order valence-electron chi connectivity index (χ1n) is 6.27. The molecule has 0 aliphatic rings. The minimum Gasteiger partial charge on any atom is -0.398 e. The van der Waals surface area contributed by atoms with E-state index in [2.05, 4.69) is 17.3 Å². The number of nitrogens with zero attached hydrogens (tertiary/aromatic N) is 2. The van der Waals surface area contributed by atoms with E-state index in [1.165, 1.54) is 0 Å². The van der Waals surface area contributed by atoms with Crippen LogP contribution in [0.4, 0.5) is 5.69 Å². The van der Waals surface area contributed by atoms with Crippen LogP contribution in [0.1, 0.15) is 17.3 Å². The normalized spacial score (nSPS) is 12.1. The van der Waals surface area contributed by atoms with Gasteiger partial charge in [0.25, 0.3) is 5.91 Å². The number of nitrogen functional groups attached to an aromatic ring is 1. The van der Waals surface area contributed by atoms with Crippen LogP contribution < -0.4 is 11.1 Å². The molecule has 3 N–H and O–H groups in total. The van der Waals surface area contributed by atoms with Crippen molar-refractivity contribution >= 4 is 11.6 Å². The first kappa shape index (κ1) is 13.1. The lowest BCUT2D eigenvalue weighted by Gasteiger charge is -2.13. The van der Waals surface area contributed by atoms with Gasteiger partial charge in [0.1, 0.15) is 0 Å². The first-order valence-corrected chi connectivity index (χ1v) is 6.27. The number of aromatic nitrogens is 2. The summed E-state index contributed by atoms with van der Waals surface area (Å²) in [6, 6.07) is 8.95. The maximum Gasteiger partial charge on any atom is 0.253 e. The maximum absolute atomic E-state index is 12.0. The molecule has 2 aromatic rings. The molecule has 0 radical (unpaired) electrons. The van der Waals surface area contributed by atoms with E-state index in [0.29, 0.717) is 23.7 Å². The summed E-state index contributed by atoms with van der Waals surface area (Å²) in [6.07, 6.45) is 3.66. The number of amides is 1. The SMILES string of the molecule is CC(CNC(=O)c1ccccc1N)Cn1cccn1. The smallest absolute Gasteiger partial charge is 0.253 e. The molecule has 0 spiro atoms. The molecule has 2 rings (SSSR count). The average Bonchev–Trinajstić information content (AvgIpc) is 2.89. The van der Waals surface area contributed by atoms with Gasteiger partial charge in [0.2, 0.25) is 0 Å². The summed E-state index contributed by atoms with van der Waals surface area (Å²) in [4.78, 5) is 12.0. The van der Waals surface area contributed by atoms with E-state index in [1.54, 1.807) is 24.4 Å². The zero-order valence-corrected chi connectivity index (χ0v) is 10.9. The fraction of sp³-hybridized carbons (Fsp3) is 0.286. The van der Waals surface area contributed by atoms with E-state index < -0.39 is 0 Å². The number of para-hydroxylation sites is 1. The molecule has 0 aliphatic heterocycles. The first-order chi connectivity index (χ1) is 9.16. The maximum atomic E-state index is 12.0. The van der Waals surface area contributed by atoms with Crippen LogP contribution in [0.25, 0.3) is 0 Å². The molecule has 19 heavy (non-hydrogen) atoms. The standard InChI is InChI=1S/C14H18N4O/c1-11(10-18-8-4-7-17-18)9-16-14(19)12-5-2-3-6-13(12)15/h2-8,11H,9-10,15H2,1H3,(H,16,19). The van der Waals surface area contributed by atoms with Crippen LogP contribution in [0.15, 0.2) is 42.7 Å². The predicted molar refractivity (Wildman–Crippen MR) is 74.6 cm³/mol. The monoisotopic (exact) mass is 258 g/mol. The predicted octanol–water partition coefficient (Wildman–Crippen LogP) is 1.53. The molecule has 5 heteroatoms. The van der Waals surface area contributed by atoms with Crippen LogP contribution >= 0.6 is 0 Å². The summed E-state index contributed by atoms with van der Waals surface area (Å²) in [6.45, 7) is 3.43. The van der Waals surface area contributed by atoms with Crippen molar-refractivity contribution in [1.29, 1.82) is 0 Å². The number of carbonyl (C=O) groups excluding carboxylic acids is 1. The largest absolute Gasteiger partial charge is 0.398 e. The summed E-state index contributed by atoms with van der Waals surface area (Å²) >= 11 is 0. The zero-order valence-electron chi connectivity index (χ0n) is 10.9. The Bertz CT molecular complexity index is 536. The average molecular weight is 258 g/mol. The van der Waals surface area contributed by atoms with Crippen LogP contribution in [0.5, 0.6) is 0 Å². The van der Waals surface area contributed by atoms with Crippen molar-refractivity contribution in [3.8, 4) is 0 Å².